The summed E-state index contributed by atoms with van der Waals surface area (Å²) in [6, 6.07) is 45.0. The SMILES string of the molecule is Cc1cccc(-c2cccc(C)n2)n1.Cc1cccc(-c2cccc(C)n2)n1.[Ru+3].c1csc(-c2ccc(-c3ccc(-c4nc5c6cccnc6c6ncccc6c5[nH]4)s3)s2)c1. The van der Waals surface area contributed by atoms with Gasteiger partial charge in [0.15, 0.2) is 0 Å². The zero-order chi connectivity index (χ0) is 41.0. The van der Waals surface area contributed by atoms with Gasteiger partial charge in [0, 0.05) is 65.5 Å². The molecule has 0 saturated carbocycles. The molecule has 61 heavy (non-hydrogen) atoms. The number of H-pyrrole nitrogens is 1. The fraction of sp³-hybridized carbons (Fsp3) is 0.0816. The Morgan fingerprint density at radius 2 is 0.836 bits per heavy atom. The third-order valence-corrected chi connectivity index (χ3v) is 13.0. The van der Waals surface area contributed by atoms with Gasteiger partial charge >= 0.3 is 19.5 Å². The van der Waals surface area contributed by atoms with Gasteiger partial charge in [-0.05, 0) is 136 Å². The molecule has 0 atom stereocenters. The molecule has 11 aromatic rings. The van der Waals surface area contributed by atoms with Gasteiger partial charge < -0.3 is 4.98 Å². The predicted octanol–water partition coefficient (Wildman–Crippen LogP) is 13.4. The Labute approximate surface area is 378 Å². The maximum Gasteiger partial charge on any atom is 3.00 e. The summed E-state index contributed by atoms with van der Waals surface area (Å²) in [5.41, 5.74) is 11.6. The number of fused-ring (bicyclic) bond motifs is 6. The first-order valence-corrected chi connectivity index (χ1v) is 21.9. The molecule has 0 saturated heterocycles. The van der Waals surface area contributed by atoms with E-state index < -0.39 is 0 Å². The Kier molecular flexibility index (Phi) is 12.7. The molecule has 1 N–H and O–H groups in total. The van der Waals surface area contributed by atoms with Gasteiger partial charge in [-0.1, -0.05) is 30.3 Å². The van der Waals surface area contributed by atoms with E-state index in [1.807, 2.05) is 136 Å². The largest absolute Gasteiger partial charge is 3.00 e. The zero-order valence-electron chi connectivity index (χ0n) is 33.6. The first-order chi connectivity index (χ1) is 29.4. The van der Waals surface area contributed by atoms with E-state index in [1.165, 1.54) is 19.5 Å². The number of thiophene rings is 3. The van der Waals surface area contributed by atoms with E-state index in [0.717, 1.165) is 89.1 Å². The molecule has 0 aliphatic rings. The third-order valence-electron chi connectivity index (χ3n) is 9.60. The molecular weight excluding hydrogens is 898 g/mol. The zero-order valence-corrected chi connectivity index (χ0v) is 37.8. The summed E-state index contributed by atoms with van der Waals surface area (Å²) in [5.74, 6) is 0.882. The Bertz CT molecular complexity index is 3000. The molecule has 10 aromatic heterocycles. The summed E-state index contributed by atoms with van der Waals surface area (Å²) in [6.07, 6.45) is 3.63. The van der Waals surface area contributed by atoms with Crippen molar-refractivity contribution >= 4 is 66.8 Å². The van der Waals surface area contributed by atoms with Crippen LogP contribution in [0.4, 0.5) is 0 Å². The molecule has 297 valence electrons. The first-order valence-electron chi connectivity index (χ1n) is 19.4. The van der Waals surface area contributed by atoms with E-state index in [9.17, 15) is 0 Å². The number of benzene rings is 1. The predicted molar refractivity (Wildman–Crippen MR) is 251 cm³/mol. The van der Waals surface area contributed by atoms with Crippen LogP contribution in [0.15, 0.2) is 151 Å². The van der Waals surface area contributed by atoms with Crippen LogP contribution in [0.2, 0.25) is 0 Å². The smallest absolute Gasteiger partial charge is 0.337 e. The monoisotopic (exact) mass is 936 g/mol. The maximum atomic E-state index is 5.01. The Hall–Kier alpha value is -6.17. The Morgan fingerprint density at radius 1 is 0.393 bits per heavy atom. The molecule has 1 aromatic carbocycles. The van der Waals surface area contributed by atoms with Gasteiger partial charge in [0.2, 0.25) is 0 Å². The van der Waals surface area contributed by atoms with Crippen molar-refractivity contribution in [2.24, 2.45) is 0 Å². The summed E-state index contributed by atoms with van der Waals surface area (Å²) in [5, 5.41) is 4.19. The number of aryl methyl sites for hydroxylation is 4. The van der Waals surface area contributed by atoms with Crippen LogP contribution in [-0.4, -0.2) is 39.9 Å². The average molecular weight is 936 g/mol. The number of nitrogens with zero attached hydrogens (tertiary/aromatic N) is 7. The molecule has 1 radical (unpaired) electrons. The van der Waals surface area contributed by atoms with Crippen molar-refractivity contribution in [3.05, 3.63) is 174 Å². The molecule has 0 unspecified atom stereocenters. The van der Waals surface area contributed by atoms with E-state index in [4.69, 9.17) is 4.98 Å². The minimum atomic E-state index is 0. The molecule has 10 heterocycles. The van der Waals surface area contributed by atoms with Crippen LogP contribution in [0.3, 0.4) is 0 Å². The van der Waals surface area contributed by atoms with Gasteiger partial charge in [0.1, 0.15) is 5.82 Å². The molecule has 0 spiro atoms. The van der Waals surface area contributed by atoms with E-state index in [1.54, 1.807) is 22.7 Å². The summed E-state index contributed by atoms with van der Waals surface area (Å²) in [4.78, 5) is 41.8. The van der Waals surface area contributed by atoms with Crippen LogP contribution in [0.25, 0.3) is 85.8 Å². The molecule has 0 fully saturated rings. The second-order valence-corrected chi connectivity index (χ2v) is 17.2. The van der Waals surface area contributed by atoms with Gasteiger partial charge in [0.05, 0.1) is 49.7 Å². The molecule has 12 heteroatoms. The summed E-state index contributed by atoms with van der Waals surface area (Å²) < 4.78 is 0. The Morgan fingerprint density at radius 3 is 1.31 bits per heavy atom. The van der Waals surface area contributed by atoms with Gasteiger partial charge in [-0.3, -0.25) is 29.9 Å². The van der Waals surface area contributed by atoms with Crippen molar-refractivity contribution in [2.45, 2.75) is 27.7 Å². The van der Waals surface area contributed by atoms with Gasteiger partial charge in [-0.25, -0.2) is 4.98 Å². The van der Waals surface area contributed by atoms with E-state index in [-0.39, 0.29) is 19.5 Å². The number of imidazole rings is 1. The number of pyridine rings is 6. The van der Waals surface area contributed by atoms with Crippen LogP contribution in [0.5, 0.6) is 0 Å². The summed E-state index contributed by atoms with van der Waals surface area (Å²) in [6.45, 7) is 7.94. The summed E-state index contributed by atoms with van der Waals surface area (Å²) >= 11 is 5.38. The van der Waals surface area contributed by atoms with Crippen LogP contribution < -0.4 is 0 Å². The standard InChI is InChI=1S/C25H14N4S3.2C12H12N2.Ru/c1-4-14-21(26-11-1)22-15(5-2-12-27-22)24-23(14)28-25(29-24)20-10-9-19(32-20)18-8-7-17(31-18)16-6-3-13-30-16;2*1-9-5-3-7-11(13-9)12-8-4-6-10(2)14-12;/h1-13H,(H,28,29);2*3-8H,1-2H3;/q;;;+3. The quantitative estimate of drug-likeness (QED) is 0.135. The number of hydrogen-bond donors (Lipinski definition) is 1. The molecule has 11 rings (SSSR count). The van der Waals surface area contributed by atoms with E-state index >= 15 is 0 Å². The number of aromatic amines is 1. The number of nitrogens with one attached hydrogen (secondary N) is 1. The fourth-order valence-electron chi connectivity index (χ4n) is 6.82. The second kappa shape index (κ2) is 18.6. The number of hydrogen-bond acceptors (Lipinski definition) is 10. The van der Waals surface area contributed by atoms with Crippen LogP contribution in [0, 0.1) is 27.7 Å². The number of aromatic nitrogens is 8. The van der Waals surface area contributed by atoms with E-state index in [0.29, 0.717) is 0 Å². The van der Waals surface area contributed by atoms with Crippen LogP contribution in [0.1, 0.15) is 22.8 Å². The second-order valence-electron chi connectivity index (χ2n) is 14.1. The third kappa shape index (κ3) is 9.28. The topological polar surface area (TPSA) is 106 Å². The minimum Gasteiger partial charge on any atom is -0.337 e. The first kappa shape index (κ1) is 41.6. The van der Waals surface area contributed by atoms with Crippen molar-refractivity contribution in [1.29, 1.82) is 0 Å². The molecule has 0 amide bonds. The van der Waals surface area contributed by atoms with Crippen molar-refractivity contribution in [3.63, 3.8) is 0 Å². The number of rotatable bonds is 5. The van der Waals surface area contributed by atoms with Crippen molar-refractivity contribution < 1.29 is 19.5 Å². The Balaban J connectivity index is 0.000000147. The van der Waals surface area contributed by atoms with Crippen molar-refractivity contribution in [2.75, 3.05) is 0 Å². The summed E-state index contributed by atoms with van der Waals surface area (Å²) in [7, 11) is 0. The molecule has 0 bridgehead atoms. The molecular formula is C49H38N8RuS3+3. The molecule has 8 nitrogen and oxygen atoms in total. The van der Waals surface area contributed by atoms with Gasteiger partial charge in [-0.15, -0.1) is 34.0 Å². The average Bonchev–Trinajstić information content (AvgIpc) is 4.12. The van der Waals surface area contributed by atoms with Crippen molar-refractivity contribution in [1.82, 2.24) is 39.9 Å². The maximum absolute atomic E-state index is 5.01. The van der Waals surface area contributed by atoms with Gasteiger partial charge in [-0.2, -0.15) is 0 Å². The van der Waals surface area contributed by atoms with Crippen molar-refractivity contribution in [3.8, 4) is 53.0 Å². The van der Waals surface area contributed by atoms with E-state index in [2.05, 4.69) is 88.8 Å². The minimum absolute atomic E-state index is 0. The van der Waals surface area contributed by atoms with Gasteiger partial charge in [0.25, 0.3) is 0 Å². The molecule has 0 aliphatic heterocycles. The van der Waals surface area contributed by atoms with Crippen LogP contribution in [-0.2, 0) is 19.5 Å². The fourth-order valence-corrected chi connectivity index (χ4v) is 9.70. The molecule has 0 aliphatic carbocycles. The van der Waals surface area contributed by atoms with Crippen LogP contribution >= 0.6 is 34.0 Å². The normalized spacial score (nSPS) is 10.8.